The van der Waals surface area contributed by atoms with Gasteiger partial charge in [0.25, 0.3) is 0 Å². The lowest BCUT2D eigenvalue weighted by Crippen LogP contribution is -2.21. The van der Waals surface area contributed by atoms with Gasteiger partial charge in [0, 0.05) is 10.6 Å². The molecule has 1 aromatic carbocycles. The van der Waals surface area contributed by atoms with Crippen LogP contribution in [-0.2, 0) is 4.79 Å². The molecule has 0 aliphatic carbocycles. The van der Waals surface area contributed by atoms with Gasteiger partial charge in [0.2, 0.25) is 5.91 Å². The summed E-state index contributed by atoms with van der Waals surface area (Å²) in [5.41, 5.74) is 1.38. The summed E-state index contributed by atoms with van der Waals surface area (Å²) < 4.78 is 0. The number of thioether (sulfide) groups is 1. The Bertz CT molecular complexity index is 673. The molecule has 2 aromatic rings. The number of carbonyl (C=O) groups is 1. The lowest BCUT2D eigenvalue weighted by molar-refractivity contribution is -0.117. The summed E-state index contributed by atoms with van der Waals surface area (Å²) in [6.45, 7) is 0. The predicted octanol–water partition coefficient (Wildman–Crippen LogP) is 2.11. The molecule has 3 rings (SSSR count). The van der Waals surface area contributed by atoms with Gasteiger partial charge in [-0.3, -0.25) is 9.89 Å². The van der Waals surface area contributed by atoms with Gasteiger partial charge < -0.3 is 5.32 Å². The van der Waals surface area contributed by atoms with Crippen molar-refractivity contribution < 1.29 is 4.79 Å². The second kappa shape index (κ2) is 4.78. The van der Waals surface area contributed by atoms with Crippen LogP contribution in [0.25, 0.3) is 0 Å². The zero-order chi connectivity index (χ0) is 13.2. The second-order valence-electron chi connectivity index (χ2n) is 4.16. The summed E-state index contributed by atoms with van der Waals surface area (Å²) in [5, 5.41) is 18.0. The first-order chi connectivity index (χ1) is 9.29. The minimum Gasteiger partial charge on any atom is -0.309 e. The van der Waals surface area contributed by atoms with Crippen LogP contribution in [0.5, 0.6) is 0 Å². The van der Waals surface area contributed by atoms with Crippen LogP contribution in [0, 0.1) is 11.3 Å². The fourth-order valence-corrected chi connectivity index (χ4v) is 3.29. The van der Waals surface area contributed by atoms with E-state index in [9.17, 15) is 4.79 Å². The molecule has 0 saturated carbocycles. The van der Waals surface area contributed by atoms with Gasteiger partial charge in [-0.15, -0.1) is 11.8 Å². The molecule has 1 unspecified atom stereocenters. The van der Waals surface area contributed by atoms with Crippen LogP contribution in [-0.4, -0.2) is 21.9 Å². The first-order valence-corrected chi connectivity index (χ1v) is 6.74. The number of aromatic amines is 1. The first-order valence-electron chi connectivity index (χ1n) is 5.75. The number of H-pyrrole nitrogens is 1. The number of nitriles is 1. The third kappa shape index (κ3) is 2.09. The highest BCUT2D eigenvalue weighted by Crippen LogP contribution is 2.39. The predicted molar refractivity (Wildman–Crippen MR) is 71.8 cm³/mol. The zero-order valence-electron chi connectivity index (χ0n) is 9.88. The van der Waals surface area contributed by atoms with E-state index in [1.165, 1.54) is 6.20 Å². The number of amides is 1. The van der Waals surface area contributed by atoms with E-state index in [1.807, 2.05) is 30.3 Å². The van der Waals surface area contributed by atoms with E-state index in [4.69, 9.17) is 5.26 Å². The van der Waals surface area contributed by atoms with Crippen LogP contribution in [0.4, 0.5) is 5.82 Å². The summed E-state index contributed by atoms with van der Waals surface area (Å²) in [6, 6.07) is 9.86. The molecule has 2 N–H and O–H groups in total. The van der Waals surface area contributed by atoms with Crippen LogP contribution in [0.3, 0.4) is 0 Å². The average molecular weight is 270 g/mol. The normalized spacial score (nSPS) is 16.7. The Balaban J connectivity index is 1.82. The van der Waals surface area contributed by atoms with Gasteiger partial charge >= 0.3 is 0 Å². The SMILES string of the molecule is N#Cc1cn[nH]c1NC(=O)C1CSc2ccccc21. The standard InChI is InChI=1S/C13H10N4OS/c14-5-8-6-15-17-12(8)16-13(18)10-7-19-11-4-2-1-3-9(10)11/h1-4,6,10H,7H2,(H2,15,16,17,18). The Labute approximate surface area is 114 Å². The van der Waals surface area contributed by atoms with Gasteiger partial charge in [0.05, 0.1) is 12.1 Å². The summed E-state index contributed by atoms with van der Waals surface area (Å²) in [6.07, 6.45) is 1.40. The van der Waals surface area contributed by atoms with Crippen molar-refractivity contribution in [1.29, 1.82) is 5.26 Å². The summed E-state index contributed by atoms with van der Waals surface area (Å²) in [5.74, 6) is 0.789. The maximum Gasteiger partial charge on any atom is 0.233 e. The molecular formula is C13H10N4OS. The lowest BCUT2D eigenvalue weighted by Gasteiger charge is -2.10. The van der Waals surface area contributed by atoms with Crippen molar-refractivity contribution in [3.05, 3.63) is 41.6 Å². The highest BCUT2D eigenvalue weighted by molar-refractivity contribution is 7.99. The molecule has 0 fully saturated rings. The van der Waals surface area contributed by atoms with Gasteiger partial charge in [-0.25, -0.2) is 0 Å². The van der Waals surface area contributed by atoms with Gasteiger partial charge in [0.1, 0.15) is 17.5 Å². The maximum atomic E-state index is 12.3. The van der Waals surface area contributed by atoms with Gasteiger partial charge in [-0.2, -0.15) is 10.4 Å². The molecule has 0 spiro atoms. The van der Waals surface area contributed by atoms with Gasteiger partial charge in [-0.05, 0) is 11.6 Å². The fourth-order valence-electron chi connectivity index (χ4n) is 2.06. The zero-order valence-corrected chi connectivity index (χ0v) is 10.7. The number of hydrogen-bond donors (Lipinski definition) is 2. The molecule has 0 bridgehead atoms. The van der Waals surface area contributed by atoms with E-state index in [0.29, 0.717) is 11.4 Å². The Morgan fingerprint density at radius 2 is 2.37 bits per heavy atom. The van der Waals surface area contributed by atoms with Crippen molar-refractivity contribution in [3.8, 4) is 6.07 Å². The lowest BCUT2D eigenvalue weighted by atomic mass is 10.0. The summed E-state index contributed by atoms with van der Waals surface area (Å²) in [7, 11) is 0. The van der Waals surface area contributed by atoms with Crippen LogP contribution < -0.4 is 5.32 Å². The molecule has 19 heavy (non-hydrogen) atoms. The maximum absolute atomic E-state index is 12.3. The van der Waals surface area contributed by atoms with Crippen molar-refractivity contribution in [1.82, 2.24) is 10.2 Å². The van der Waals surface area contributed by atoms with Crippen molar-refractivity contribution in [2.45, 2.75) is 10.8 Å². The molecule has 1 atom stereocenters. The number of rotatable bonds is 2. The first kappa shape index (κ1) is 11.8. The molecule has 1 aliphatic heterocycles. The number of carbonyl (C=O) groups excluding carboxylic acids is 1. The van der Waals surface area contributed by atoms with Crippen molar-refractivity contribution >= 4 is 23.5 Å². The third-order valence-electron chi connectivity index (χ3n) is 3.02. The molecular weight excluding hydrogens is 260 g/mol. The fraction of sp³-hybridized carbons (Fsp3) is 0.154. The number of benzene rings is 1. The van der Waals surface area contributed by atoms with E-state index >= 15 is 0 Å². The Kier molecular flexibility index (Phi) is 2.97. The number of anilines is 1. The largest absolute Gasteiger partial charge is 0.309 e. The minimum absolute atomic E-state index is 0.113. The van der Waals surface area contributed by atoms with Crippen LogP contribution in [0.15, 0.2) is 35.4 Å². The molecule has 1 aromatic heterocycles. The average Bonchev–Trinajstić information content (AvgIpc) is 3.04. The molecule has 1 amide bonds. The molecule has 0 saturated heterocycles. The van der Waals surface area contributed by atoms with Crippen LogP contribution >= 0.6 is 11.8 Å². The number of aromatic nitrogens is 2. The van der Waals surface area contributed by atoms with Crippen LogP contribution in [0.2, 0.25) is 0 Å². The number of nitrogens with zero attached hydrogens (tertiary/aromatic N) is 2. The smallest absolute Gasteiger partial charge is 0.233 e. The molecule has 6 heteroatoms. The topological polar surface area (TPSA) is 81.6 Å². The van der Waals surface area contributed by atoms with Gasteiger partial charge in [0.15, 0.2) is 0 Å². The number of nitrogens with one attached hydrogen (secondary N) is 2. The molecule has 2 heterocycles. The Morgan fingerprint density at radius 1 is 1.53 bits per heavy atom. The minimum atomic E-state index is -0.184. The van der Waals surface area contributed by atoms with Crippen LogP contribution in [0.1, 0.15) is 17.0 Å². The molecule has 5 nitrogen and oxygen atoms in total. The van der Waals surface area contributed by atoms with E-state index in [-0.39, 0.29) is 11.8 Å². The summed E-state index contributed by atoms with van der Waals surface area (Å²) >= 11 is 1.68. The van der Waals surface area contributed by atoms with Gasteiger partial charge in [-0.1, -0.05) is 18.2 Å². The van der Waals surface area contributed by atoms with E-state index < -0.39 is 0 Å². The highest BCUT2D eigenvalue weighted by atomic mass is 32.2. The molecule has 1 aliphatic rings. The molecule has 0 radical (unpaired) electrons. The van der Waals surface area contributed by atoms with E-state index in [1.54, 1.807) is 11.8 Å². The third-order valence-corrected chi connectivity index (χ3v) is 4.21. The Hall–Kier alpha value is -2.26. The summed E-state index contributed by atoms with van der Waals surface area (Å²) in [4.78, 5) is 13.4. The Morgan fingerprint density at radius 3 is 3.21 bits per heavy atom. The number of fused-ring (bicyclic) bond motifs is 1. The van der Waals surface area contributed by atoms with Crippen molar-refractivity contribution in [2.75, 3.05) is 11.1 Å². The van der Waals surface area contributed by atoms with E-state index in [0.717, 1.165) is 16.2 Å². The van der Waals surface area contributed by atoms with Crippen molar-refractivity contribution in [2.24, 2.45) is 0 Å². The number of hydrogen-bond acceptors (Lipinski definition) is 4. The molecule has 94 valence electrons. The van der Waals surface area contributed by atoms with E-state index in [2.05, 4.69) is 15.5 Å². The van der Waals surface area contributed by atoms with Crippen molar-refractivity contribution in [3.63, 3.8) is 0 Å². The monoisotopic (exact) mass is 270 g/mol. The second-order valence-corrected chi connectivity index (χ2v) is 5.22. The highest BCUT2D eigenvalue weighted by Gasteiger charge is 2.29. The quantitative estimate of drug-likeness (QED) is 0.875.